The number of carbonyl (C=O) groups excluding carboxylic acids is 2. The first-order valence-corrected chi connectivity index (χ1v) is 8.13. The van der Waals surface area contributed by atoms with Gasteiger partial charge < -0.3 is 19.5 Å². The minimum absolute atomic E-state index is 0.0796. The van der Waals surface area contributed by atoms with Crippen LogP contribution in [0.1, 0.15) is 0 Å². The molecule has 2 aliphatic heterocycles. The molecular weight excluding hydrogens is 396 g/mol. The van der Waals surface area contributed by atoms with Crippen molar-refractivity contribution < 1.29 is 37.5 Å². The Bertz CT molecular complexity index is 1040. The highest BCUT2D eigenvalue weighted by atomic mass is 19.3. The number of alkyl halides is 2. The summed E-state index contributed by atoms with van der Waals surface area (Å²) in [6.07, 6.45) is -3.79. The van der Waals surface area contributed by atoms with Crippen LogP contribution < -0.4 is 24.4 Å². The Morgan fingerprint density at radius 3 is 2.66 bits per heavy atom. The van der Waals surface area contributed by atoms with E-state index in [9.17, 15) is 28.5 Å². The fourth-order valence-corrected chi connectivity index (χ4v) is 2.85. The van der Waals surface area contributed by atoms with Crippen molar-refractivity contribution in [1.82, 2.24) is 0 Å². The van der Waals surface area contributed by atoms with E-state index < -0.39 is 29.6 Å². The van der Waals surface area contributed by atoms with Gasteiger partial charge in [-0.15, -0.1) is 8.78 Å². The number of anilines is 2. The molecule has 0 atom stereocenters. The van der Waals surface area contributed by atoms with Gasteiger partial charge in [0.15, 0.2) is 18.1 Å². The van der Waals surface area contributed by atoms with Gasteiger partial charge in [0.25, 0.3) is 11.6 Å². The second kappa shape index (κ2) is 6.58. The van der Waals surface area contributed by atoms with Crippen molar-refractivity contribution in [2.24, 2.45) is 0 Å². The lowest BCUT2D eigenvalue weighted by atomic mass is 10.2. The number of nitrogens with one attached hydrogen (secondary N) is 1. The highest BCUT2D eigenvalue weighted by Crippen LogP contribution is 2.42. The van der Waals surface area contributed by atoms with Gasteiger partial charge in [0.05, 0.1) is 10.6 Å². The molecule has 0 saturated carbocycles. The van der Waals surface area contributed by atoms with Crippen molar-refractivity contribution in [3.8, 4) is 17.2 Å². The highest BCUT2D eigenvalue weighted by Gasteiger charge is 2.43. The topological polar surface area (TPSA) is 120 Å². The summed E-state index contributed by atoms with van der Waals surface area (Å²) >= 11 is 0. The van der Waals surface area contributed by atoms with Crippen LogP contribution >= 0.6 is 0 Å². The average molecular weight is 407 g/mol. The molecule has 0 saturated heterocycles. The number of amides is 2. The molecule has 0 spiro atoms. The van der Waals surface area contributed by atoms with Gasteiger partial charge in [0.1, 0.15) is 12.3 Å². The molecule has 4 rings (SSSR count). The zero-order valence-corrected chi connectivity index (χ0v) is 14.4. The van der Waals surface area contributed by atoms with E-state index in [0.29, 0.717) is 0 Å². The standard InChI is InChI=1S/C17H11F2N3O7/c18-17(19)28-13-3-1-9(5-14(13)29-17)20-15(23)7-21-11-6-10(22(25)26)2-4-12(11)27-8-16(21)24/h1-6H,7-8H2,(H,20,23). The molecule has 2 heterocycles. The molecule has 12 heteroatoms. The lowest BCUT2D eigenvalue weighted by Gasteiger charge is -2.28. The van der Waals surface area contributed by atoms with E-state index in [-0.39, 0.29) is 40.9 Å². The quantitative estimate of drug-likeness (QED) is 0.610. The third-order valence-electron chi connectivity index (χ3n) is 4.08. The first kappa shape index (κ1) is 18.4. The summed E-state index contributed by atoms with van der Waals surface area (Å²) in [6.45, 7) is -0.807. The monoisotopic (exact) mass is 407 g/mol. The summed E-state index contributed by atoms with van der Waals surface area (Å²) in [5.74, 6) is -1.45. The van der Waals surface area contributed by atoms with Crippen LogP contribution in [0.2, 0.25) is 0 Å². The number of nitrogens with zero attached hydrogens (tertiary/aromatic N) is 2. The Morgan fingerprint density at radius 1 is 1.17 bits per heavy atom. The summed E-state index contributed by atoms with van der Waals surface area (Å²) in [4.78, 5) is 36.0. The van der Waals surface area contributed by atoms with Crippen molar-refractivity contribution in [3.05, 3.63) is 46.5 Å². The minimum Gasteiger partial charge on any atom is -0.482 e. The summed E-state index contributed by atoms with van der Waals surface area (Å²) in [5.41, 5.74) is -0.0601. The zero-order chi connectivity index (χ0) is 20.8. The molecule has 0 radical (unpaired) electrons. The second-order valence-corrected chi connectivity index (χ2v) is 6.05. The van der Waals surface area contributed by atoms with Crippen LogP contribution in [0, 0.1) is 10.1 Å². The predicted octanol–water partition coefficient (Wildman–Crippen LogP) is 2.28. The minimum atomic E-state index is -3.79. The SMILES string of the molecule is O=C(CN1C(=O)COc2ccc([N+](=O)[O-])cc21)Nc1ccc2c(c1)OC(F)(F)O2. The van der Waals surface area contributed by atoms with Crippen LogP contribution in [-0.2, 0) is 9.59 Å². The first-order valence-electron chi connectivity index (χ1n) is 8.13. The van der Waals surface area contributed by atoms with E-state index in [1.807, 2.05) is 0 Å². The third-order valence-corrected chi connectivity index (χ3v) is 4.08. The number of halogens is 2. The summed E-state index contributed by atoms with van der Waals surface area (Å²) < 4.78 is 40.0. The van der Waals surface area contributed by atoms with E-state index >= 15 is 0 Å². The summed E-state index contributed by atoms with van der Waals surface area (Å²) in [6, 6.07) is 7.35. The number of fused-ring (bicyclic) bond motifs is 2. The molecule has 0 unspecified atom stereocenters. The molecule has 0 fully saturated rings. The Balaban J connectivity index is 1.52. The Labute approximate surface area is 160 Å². The van der Waals surface area contributed by atoms with Crippen molar-refractivity contribution in [2.75, 3.05) is 23.4 Å². The Morgan fingerprint density at radius 2 is 1.90 bits per heavy atom. The summed E-state index contributed by atoms with van der Waals surface area (Å²) in [7, 11) is 0. The lowest BCUT2D eigenvalue weighted by molar-refractivity contribution is -0.384. The van der Waals surface area contributed by atoms with Gasteiger partial charge in [-0.05, 0) is 18.2 Å². The molecule has 1 N–H and O–H groups in total. The van der Waals surface area contributed by atoms with Crippen molar-refractivity contribution in [3.63, 3.8) is 0 Å². The number of hydrogen-bond donors (Lipinski definition) is 1. The molecule has 2 aliphatic rings. The molecule has 0 aliphatic carbocycles. The third kappa shape index (κ3) is 3.59. The van der Waals surface area contributed by atoms with Gasteiger partial charge in [0.2, 0.25) is 5.91 Å². The Kier molecular flexibility index (Phi) is 4.18. The normalized spacial score (nSPS) is 16.1. The molecule has 2 amide bonds. The second-order valence-electron chi connectivity index (χ2n) is 6.05. The van der Waals surface area contributed by atoms with Crippen LogP contribution in [0.25, 0.3) is 0 Å². The predicted molar refractivity (Wildman–Crippen MR) is 92.2 cm³/mol. The fraction of sp³-hybridized carbons (Fsp3) is 0.176. The Hall–Kier alpha value is -3.96. The number of nitro benzene ring substituents is 1. The van der Waals surface area contributed by atoms with Gasteiger partial charge in [0, 0.05) is 23.9 Å². The van der Waals surface area contributed by atoms with Gasteiger partial charge in [-0.3, -0.25) is 24.6 Å². The molecule has 0 bridgehead atoms. The van der Waals surface area contributed by atoms with E-state index in [1.165, 1.54) is 24.3 Å². The maximum atomic E-state index is 13.1. The van der Waals surface area contributed by atoms with Gasteiger partial charge in [-0.25, -0.2) is 0 Å². The number of nitro groups is 1. The van der Waals surface area contributed by atoms with Crippen LogP contribution in [0.3, 0.4) is 0 Å². The van der Waals surface area contributed by atoms with E-state index in [1.54, 1.807) is 0 Å². The molecule has 2 aromatic carbocycles. The number of non-ortho nitro benzene ring substituents is 1. The fourth-order valence-electron chi connectivity index (χ4n) is 2.85. The smallest absolute Gasteiger partial charge is 0.482 e. The zero-order valence-electron chi connectivity index (χ0n) is 14.4. The first-order chi connectivity index (χ1) is 13.7. The van der Waals surface area contributed by atoms with E-state index in [4.69, 9.17) is 4.74 Å². The molecular formula is C17H11F2N3O7. The number of carbonyl (C=O) groups is 2. The van der Waals surface area contributed by atoms with E-state index in [2.05, 4.69) is 14.8 Å². The number of ether oxygens (including phenoxy) is 3. The largest absolute Gasteiger partial charge is 0.586 e. The molecule has 10 nitrogen and oxygen atoms in total. The lowest BCUT2D eigenvalue weighted by Crippen LogP contribution is -2.43. The molecule has 29 heavy (non-hydrogen) atoms. The van der Waals surface area contributed by atoms with Crippen molar-refractivity contribution in [2.45, 2.75) is 6.29 Å². The van der Waals surface area contributed by atoms with Crippen LogP contribution in [0.5, 0.6) is 17.2 Å². The maximum Gasteiger partial charge on any atom is 0.586 e. The molecule has 2 aromatic rings. The number of hydrogen-bond acceptors (Lipinski definition) is 7. The van der Waals surface area contributed by atoms with Crippen LogP contribution in [0.15, 0.2) is 36.4 Å². The van der Waals surface area contributed by atoms with E-state index in [0.717, 1.165) is 17.0 Å². The highest BCUT2D eigenvalue weighted by molar-refractivity contribution is 6.05. The van der Waals surface area contributed by atoms with Crippen molar-refractivity contribution in [1.29, 1.82) is 0 Å². The van der Waals surface area contributed by atoms with Gasteiger partial charge in [-0.2, -0.15) is 0 Å². The van der Waals surface area contributed by atoms with Crippen LogP contribution in [0.4, 0.5) is 25.8 Å². The average Bonchev–Trinajstić information content (AvgIpc) is 2.96. The molecule has 150 valence electrons. The van der Waals surface area contributed by atoms with Gasteiger partial charge >= 0.3 is 6.29 Å². The van der Waals surface area contributed by atoms with Crippen molar-refractivity contribution >= 4 is 28.9 Å². The number of rotatable bonds is 4. The summed E-state index contributed by atoms with van der Waals surface area (Å²) in [5, 5.41) is 13.4. The van der Waals surface area contributed by atoms with Gasteiger partial charge in [-0.1, -0.05) is 0 Å². The maximum absolute atomic E-state index is 13.1. The number of benzene rings is 2. The molecule has 0 aromatic heterocycles. The van der Waals surface area contributed by atoms with Crippen LogP contribution in [-0.4, -0.2) is 36.2 Å².